The van der Waals surface area contributed by atoms with E-state index in [0.29, 0.717) is 37.4 Å². The maximum Gasteiger partial charge on any atom is 0.273 e. The summed E-state index contributed by atoms with van der Waals surface area (Å²) in [7, 11) is 1.86. The second kappa shape index (κ2) is 9.11. The van der Waals surface area contributed by atoms with E-state index >= 15 is 0 Å². The van der Waals surface area contributed by atoms with E-state index < -0.39 is 0 Å². The molecular formula is C26H25FN6O2S. The molecule has 1 unspecified atom stereocenters. The predicted molar refractivity (Wildman–Crippen MR) is 135 cm³/mol. The summed E-state index contributed by atoms with van der Waals surface area (Å²) in [6.07, 6.45) is 0.893. The first-order valence-electron chi connectivity index (χ1n) is 11.9. The normalized spacial score (nSPS) is 18.1. The Morgan fingerprint density at radius 1 is 1.03 bits per heavy atom. The Morgan fingerprint density at radius 3 is 2.56 bits per heavy atom. The van der Waals surface area contributed by atoms with E-state index in [-0.39, 0.29) is 29.7 Å². The van der Waals surface area contributed by atoms with Gasteiger partial charge in [-0.25, -0.2) is 9.37 Å². The quantitative estimate of drug-likeness (QED) is 0.452. The number of aromatic nitrogens is 3. The van der Waals surface area contributed by atoms with E-state index in [2.05, 4.69) is 15.4 Å². The van der Waals surface area contributed by atoms with Gasteiger partial charge in [-0.2, -0.15) is 5.10 Å². The highest BCUT2D eigenvalue weighted by atomic mass is 32.1. The molecule has 0 saturated carbocycles. The van der Waals surface area contributed by atoms with Crippen molar-refractivity contribution in [1.82, 2.24) is 29.9 Å². The molecule has 0 bridgehead atoms. The first-order chi connectivity index (χ1) is 17.5. The van der Waals surface area contributed by atoms with Crippen LogP contribution in [0.3, 0.4) is 0 Å². The Bertz CT molecular complexity index is 1430. The van der Waals surface area contributed by atoms with Crippen molar-refractivity contribution in [3.8, 4) is 11.3 Å². The number of rotatable bonds is 5. The van der Waals surface area contributed by atoms with Gasteiger partial charge in [0, 0.05) is 67.2 Å². The van der Waals surface area contributed by atoms with Crippen molar-refractivity contribution in [1.29, 1.82) is 0 Å². The maximum absolute atomic E-state index is 13.4. The molecule has 0 aliphatic carbocycles. The predicted octanol–water partition coefficient (Wildman–Crippen LogP) is 3.16. The summed E-state index contributed by atoms with van der Waals surface area (Å²) in [5.41, 5.74) is 5.23. The molecule has 2 aromatic heterocycles. The Hall–Kier alpha value is -3.63. The fraction of sp³-hybridized carbons (Fsp3) is 0.308. The van der Waals surface area contributed by atoms with E-state index in [1.807, 2.05) is 35.0 Å². The summed E-state index contributed by atoms with van der Waals surface area (Å²) < 4.78 is 15.2. The van der Waals surface area contributed by atoms with Crippen molar-refractivity contribution in [2.24, 2.45) is 7.05 Å². The van der Waals surface area contributed by atoms with Gasteiger partial charge < -0.3 is 15.1 Å². The van der Waals surface area contributed by atoms with Crippen molar-refractivity contribution in [2.75, 3.05) is 26.2 Å². The van der Waals surface area contributed by atoms with Crippen molar-refractivity contribution in [2.45, 2.75) is 18.5 Å². The molecule has 8 nitrogen and oxygen atoms in total. The molecular weight excluding hydrogens is 479 g/mol. The zero-order valence-electron chi connectivity index (χ0n) is 19.7. The molecule has 184 valence electrons. The molecule has 2 aliphatic heterocycles. The van der Waals surface area contributed by atoms with Crippen LogP contribution in [-0.4, -0.2) is 74.6 Å². The number of benzene rings is 2. The fourth-order valence-corrected chi connectivity index (χ4v) is 5.57. The third-order valence-corrected chi connectivity index (χ3v) is 7.57. The van der Waals surface area contributed by atoms with Gasteiger partial charge in [0.15, 0.2) is 0 Å². The average molecular weight is 505 g/mol. The van der Waals surface area contributed by atoms with Crippen molar-refractivity contribution < 1.29 is 14.0 Å². The second-order valence-electron chi connectivity index (χ2n) is 9.40. The van der Waals surface area contributed by atoms with Crippen LogP contribution >= 0.6 is 11.3 Å². The number of carbonyl (C=O) groups is 2. The van der Waals surface area contributed by atoms with E-state index in [1.165, 1.54) is 23.5 Å². The fourth-order valence-electron chi connectivity index (χ4n) is 5.05. The van der Waals surface area contributed by atoms with E-state index in [4.69, 9.17) is 0 Å². The van der Waals surface area contributed by atoms with Crippen LogP contribution in [0, 0.1) is 5.82 Å². The number of thiazole rings is 1. The largest absolute Gasteiger partial charge is 0.336 e. The van der Waals surface area contributed by atoms with Crippen LogP contribution in [0.5, 0.6) is 0 Å². The van der Waals surface area contributed by atoms with Gasteiger partial charge >= 0.3 is 0 Å². The SMILES string of the molecule is Cn1nc(-c2ccc(F)cc2)c2cc(C(=O)N3CC(NC4CCN(C(=O)c5cscn5)C4)C3)ccc21. The number of nitrogens with zero attached hydrogens (tertiary/aromatic N) is 5. The standard InChI is InChI=1S/C26H25FN6O2S/c1-31-23-7-4-17(10-21(23)24(30-31)16-2-5-18(27)6-3-16)25(34)33-12-20(13-33)29-19-8-9-32(11-19)26(35)22-14-36-15-28-22/h2-7,10,14-15,19-20,29H,8-9,11-13H2,1H3. The summed E-state index contributed by atoms with van der Waals surface area (Å²) in [4.78, 5) is 33.5. The highest BCUT2D eigenvalue weighted by molar-refractivity contribution is 7.07. The molecule has 10 heteroatoms. The smallest absolute Gasteiger partial charge is 0.273 e. The molecule has 0 spiro atoms. The Balaban J connectivity index is 1.09. The summed E-state index contributed by atoms with van der Waals surface area (Å²) in [6, 6.07) is 12.3. The monoisotopic (exact) mass is 504 g/mol. The van der Waals surface area contributed by atoms with Crippen molar-refractivity contribution in [3.05, 3.63) is 70.4 Å². The maximum atomic E-state index is 13.4. The number of hydrogen-bond donors (Lipinski definition) is 1. The van der Waals surface area contributed by atoms with Gasteiger partial charge in [-0.05, 0) is 48.9 Å². The minimum Gasteiger partial charge on any atom is -0.336 e. The number of carbonyl (C=O) groups excluding carboxylic acids is 2. The van der Waals surface area contributed by atoms with E-state index in [0.717, 1.165) is 28.6 Å². The zero-order valence-corrected chi connectivity index (χ0v) is 20.5. The topological polar surface area (TPSA) is 83.4 Å². The van der Waals surface area contributed by atoms with Crippen LogP contribution in [0.4, 0.5) is 4.39 Å². The van der Waals surface area contributed by atoms with Crippen LogP contribution < -0.4 is 5.32 Å². The number of aryl methyl sites for hydroxylation is 1. The average Bonchev–Trinajstić information content (AvgIpc) is 3.62. The Labute approximate surface area is 211 Å². The molecule has 4 aromatic rings. The van der Waals surface area contributed by atoms with Crippen molar-refractivity contribution in [3.63, 3.8) is 0 Å². The molecule has 6 rings (SSSR count). The van der Waals surface area contributed by atoms with Crippen LogP contribution in [0.2, 0.25) is 0 Å². The summed E-state index contributed by atoms with van der Waals surface area (Å²) in [6.45, 7) is 2.63. The number of fused-ring (bicyclic) bond motifs is 1. The Kier molecular flexibility index (Phi) is 5.77. The molecule has 1 N–H and O–H groups in total. The first kappa shape index (κ1) is 22.8. The zero-order chi connectivity index (χ0) is 24.8. The van der Waals surface area contributed by atoms with Crippen molar-refractivity contribution >= 4 is 34.1 Å². The number of hydrogen-bond acceptors (Lipinski definition) is 6. The molecule has 2 saturated heterocycles. The second-order valence-corrected chi connectivity index (χ2v) is 10.1. The number of likely N-dealkylation sites (tertiary alicyclic amines) is 2. The first-order valence-corrected chi connectivity index (χ1v) is 12.9. The molecule has 4 heterocycles. The molecule has 36 heavy (non-hydrogen) atoms. The number of halogens is 1. The minimum atomic E-state index is -0.299. The third kappa shape index (κ3) is 4.16. The molecule has 2 aromatic carbocycles. The molecule has 2 amide bonds. The lowest BCUT2D eigenvalue weighted by molar-refractivity contribution is 0.0553. The minimum absolute atomic E-state index is 0.0169. The van der Waals surface area contributed by atoms with Gasteiger partial charge in [-0.1, -0.05) is 0 Å². The van der Waals surface area contributed by atoms with Gasteiger partial charge in [0.2, 0.25) is 0 Å². The van der Waals surface area contributed by atoms with Crippen LogP contribution in [0.15, 0.2) is 53.4 Å². The highest BCUT2D eigenvalue weighted by Crippen LogP contribution is 2.29. The number of amides is 2. The molecule has 2 aliphatic rings. The Morgan fingerprint density at radius 2 is 1.81 bits per heavy atom. The van der Waals surface area contributed by atoms with Crippen LogP contribution in [0.1, 0.15) is 27.3 Å². The van der Waals surface area contributed by atoms with Gasteiger partial charge in [-0.15, -0.1) is 11.3 Å². The lowest BCUT2D eigenvalue weighted by Gasteiger charge is -2.41. The van der Waals surface area contributed by atoms with E-state index in [1.54, 1.807) is 27.7 Å². The van der Waals surface area contributed by atoms with E-state index in [9.17, 15) is 14.0 Å². The lowest BCUT2D eigenvalue weighted by Crippen LogP contribution is -2.62. The molecule has 0 radical (unpaired) electrons. The molecule has 1 atom stereocenters. The summed E-state index contributed by atoms with van der Waals surface area (Å²) in [5.74, 6) is -0.334. The third-order valence-electron chi connectivity index (χ3n) is 6.98. The highest BCUT2D eigenvalue weighted by Gasteiger charge is 2.35. The van der Waals surface area contributed by atoms with Gasteiger partial charge in [0.25, 0.3) is 11.8 Å². The van der Waals surface area contributed by atoms with Gasteiger partial charge in [-0.3, -0.25) is 14.3 Å². The lowest BCUT2D eigenvalue weighted by atomic mass is 10.0. The molecule has 2 fully saturated rings. The van der Waals surface area contributed by atoms with Gasteiger partial charge in [0.05, 0.1) is 11.0 Å². The van der Waals surface area contributed by atoms with Crippen LogP contribution in [0.25, 0.3) is 22.2 Å². The summed E-state index contributed by atoms with van der Waals surface area (Å²) >= 11 is 1.42. The summed E-state index contributed by atoms with van der Waals surface area (Å²) in [5, 5.41) is 10.8. The van der Waals surface area contributed by atoms with Crippen LogP contribution in [-0.2, 0) is 7.05 Å². The van der Waals surface area contributed by atoms with Gasteiger partial charge in [0.1, 0.15) is 17.2 Å². The number of nitrogens with one attached hydrogen (secondary N) is 1.